The van der Waals surface area contributed by atoms with Crippen LogP contribution in [0.3, 0.4) is 0 Å². The quantitative estimate of drug-likeness (QED) is 0.292. The van der Waals surface area contributed by atoms with Gasteiger partial charge < -0.3 is 25.4 Å². The maximum absolute atomic E-state index is 15.5. The highest BCUT2D eigenvalue weighted by molar-refractivity contribution is 5.99. The van der Waals surface area contributed by atoms with Crippen LogP contribution in [0.2, 0.25) is 0 Å². The highest BCUT2D eigenvalue weighted by Crippen LogP contribution is 2.38. The van der Waals surface area contributed by atoms with Crippen LogP contribution in [0.5, 0.6) is 0 Å². The third-order valence-electron chi connectivity index (χ3n) is 7.52. The van der Waals surface area contributed by atoms with Gasteiger partial charge in [-0.3, -0.25) is 9.78 Å². The minimum Gasteiger partial charge on any atom is -0.387 e. The van der Waals surface area contributed by atoms with Crippen LogP contribution in [0.25, 0.3) is 16.8 Å². The number of aliphatic hydroxyl groups is 1. The number of anilines is 3. The summed E-state index contributed by atoms with van der Waals surface area (Å²) in [5, 5.41) is 24.3. The fraction of sp³-hybridized carbons (Fsp3) is 0.367. The maximum Gasteiger partial charge on any atom is 0.252 e. The number of carbonyl (C=O) groups excluding carboxylic acids is 1. The molecule has 0 radical (unpaired) electrons. The SMILES string of the molecule is COC[C@@H]1CCN(c2ncc(N(C[C@@H](F)C(C)(C)O)c3ccncc3C(N)=O)cc2-c2ccc3cc(C#N)cnn23)C1. The van der Waals surface area contributed by atoms with Gasteiger partial charge in [0.05, 0.1) is 64.9 Å². The van der Waals surface area contributed by atoms with Crippen molar-refractivity contribution in [1.29, 1.82) is 5.26 Å². The Kier molecular flexibility index (Phi) is 8.06. The van der Waals surface area contributed by atoms with Gasteiger partial charge in [0.2, 0.25) is 0 Å². The first-order valence-corrected chi connectivity index (χ1v) is 13.6. The molecule has 0 aromatic carbocycles. The first kappa shape index (κ1) is 28.9. The summed E-state index contributed by atoms with van der Waals surface area (Å²) < 4.78 is 22.6. The van der Waals surface area contributed by atoms with Crippen molar-refractivity contribution in [2.75, 3.05) is 43.2 Å². The fourth-order valence-corrected chi connectivity index (χ4v) is 5.23. The number of fused-ring (bicyclic) bond motifs is 1. The molecule has 4 aromatic heterocycles. The van der Waals surface area contributed by atoms with Crippen molar-refractivity contribution in [3.8, 4) is 17.3 Å². The molecule has 0 unspecified atom stereocenters. The largest absolute Gasteiger partial charge is 0.387 e. The summed E-state index contributed by atoms with van der Waals surface area (Å²) in [4.78, 5) is 25.0. The molecule has 0 bridgehead atoms. The summed E-state index contributed by atoms with van der Waals surface area (Å²) in [7, 11) is 1.69. The zero-order valence-electron chi connectivity index (χ0n) is 23.7. The number of hydrogen-bond acceptors (Lipinski definition) is 9. The number of aromatic nitrogens is 4. The Morgan fingerprint density at radius 3 is 2.83 bits per heavy atom. The fourth-order valence-electron chi connectivity index (χ4n) is 5.23. The Labute approximate surface area is 243 Å². The van der Waals surface area contributed by atoms with Gasteiger partial charge in [-0.2, -0.15) is 10.4 Å². The van der Waals surface area contributed by atoms with E-state index in [1.165, 1.54) is 32.4 Å². The first-order valence-electron chi connectivity index (χ1n) is 13.6. The second-order valence-corrected chi connectivity index (χ2v) is 11.0. The molecule has 3 N–H and O–H groups in total. The van der Waals surface area contributed by atoms with E-state index in [9.17, 15) is 15.2 Å². The molecule has 0 saturated carbocycles. The number of rotatable bonds is 10. The molecule has 218 valence electrons. The predicted octanol–water partition coefficient (Wildman–Crippen LogP) is 3.48. The Morgan fingerprint density at radius 2 is 2.12 bits per heavy atom. The number of carbonyl (C=O) groups is 1. The monoisotopic (exact) mass is 572 g/mol. The van der Waals surface area contributed by atoms with Crippen LogP contribution in [0, 0.1) is 17.2 Å². The minimum absolute atomic E-state index is 0.104. The van der Waals surface area contributed by atoms with E-state index in [0.717, 1.165) is 36.3 Å². The third kappa shape index (κ3) is 5.74. The summed E-state index contributed by atoms with van der Waals surface area (Å²) in [6.45, 7) is 4.65. The highest BCUT2D eigenvalue weighted by Gasteiger charge is 2.32. The lowest BCUT2D eigenvalue weighted by molar-refractivity contribution is 0.00145. The average molecular weight is 573 g/mol. The number of halogens is 1. The Hall–Kier alpha value is -4.60. The molecular formula is C30H33FN8O3. The molecule has 1 aliphatic heterocycles. The van der Waals surface area contributed by atoms with Gasteiger partial charge in [0.25, 0.3) is 5.91 Å². The number of nitrogens with two attached hydrogens (primary N) is 1. The lowest BCUT2D eigenvalue weighted by atomic mass is 10.0. The zero-order chi connectivity index (χ0) is 30.0. The molecule has 0 spiro atoms. The van der Waals surface area contributed by atoms with Gasteiger partial charge in [-0.05, 0) is 50.6 Å². The second-order valence-electron chi connectivity index (χ2n) is 11.0. The molecule has 1 fully saturated rings. The number of ether oxygens (including phenoxy) is 1. The third-order valence-corrected chi connectivity index (χ3v) is 7.52. The van der Waals surface area contributed by atoms with Crippen molar-refractivity contribution in [2.45, 2.75) is 32.0 Å². The first-order chi connectivity index (χ1) is 20.1. The molecule has 5 heterocycles. The van der Waals surface area contributed by atoms with E-state index >= 15 is 4.39 Å². The number of pyridine rings is 2. The van der Waals surface area contributed by atoms with E-state index in [4.69, 9.17) is 15.5 Å². The van der Waals surface area contributed by atoms with Crippen molar-refractivity contribution in [3.63, 3.8) is 0 Å². The second kappa shape index (κ2) is 11.7. The molecule has 1 amide bonds. The number of methoxy groups -OCH3 is 1. The summed E-state index contributed by atoms with van der Waals surface area (Å²) in [6.07, 6.45) is 5.20. The van der Waals surface area contributed by atoms with Crippen molar-refractivity contribution >= 4 is 28.6 Å². The van der Waals surface area contributed by atoms with Crippen LogP contribution in [0.15, 0.2) is 55.1 Å². The van der Waals surface area contributed by atoms with E-state index in [1.807, 2.05) is 18.2 Å². The molecule has 0 aliphatic carbocycles. The zero-order valence-corrected chi connectivity index (χ0v) is 23.7. The van der Waals surface area contributed by atoms with Crippen LogP contribution in [-0.2, 0) is 4.74 Å². The van der Waals surface area contributed by atoms with Crippen LogP contribution in [-0.4, -0.2) is 75.7 Å². The van der Waals surface area contributed by atoms with Crippen LogP contribution < -0.4 is 15.5 Å². The number of hydrogen-bond donors (Lipinski definition) is 2. The minimum atomic E-state index is -1.69. The molecule has 5 rings (SSSR count). The topological polar surface area (TPSA) is 146 Å². The summed E-state index contributed by atoms with van der Waals surface area (Å²) >= 11 is 0. The molecule has 1 aliphatic rings. The Bertz CT molecular complexity index is 1640. The van der Waals surface area contributed by atoms with Gasteiger partial charge >= 0.3 is 0 Å². The van der Waals surface area contributed by atoms with Gasteiger partial charge in [0, 0.05) is 44.1 Å². The predicted molar refractivity (Wildman–Crippen MR) is 156 cm³/mol. The van der Waals surface area contributed by atoms with Gasteiger partial charge in [0.15, 0.2) is 0 Å². The Morgan fingerprint density at radius 1 is 1.31 bits per heavy atom. The molecule has 42 heavy (non-hydrogen) atoms. The van der Waals surface area contributed by atoms with Crippen LogP contribution in [0.1, 0.15) is 36.2 Å². The van der Waals surface area contributed by atoms with E-state index in [-0.39, 0.29) is 12.1 Å². The number of amides is 1. The lowest BCUT2D eigenvalue weighted by Gasteiger charge is -2.32. The van der Waals surface area contributed by atoms with Crippen molar-refractivity contribution < 1.29 is 19.0 Å². The normalized spacial score (nSPS) is 16.0. The summed E-state index contributed by atoms with van der Waals surface area (Å²) in [5.41, 5.74) is 7.54. The number of nitriles is 1. The van der Waals surface area contributed by atoms with Crippen molar-refractivity contribution in [3.05, 3.63) is 66.2 Å². The number of alkyl halides is 1. The smallest absolute Gasteiger partial charge is 0.252 e. The van der Waals surface area contributed by atoms with Gasteiger partial charge in [-0.15, -0.1) is 0 Å². The molecule has 4 aromatic rings. The molecule has 2 atom stereocenters. The van der Waals surface area contributed by atoms with Gasteiger partial charge in [0.1, 0.15) is 18.1 Å². The molecule has 12 heteroatoms. The van der Waals surface area contributed by atoms with Crippen molar-refractivity contribution in [2.24, 2.45) is 11.7 Å². The van der Waals surface area contributed by atoms with Gasteiger partial charge in [-0.1, -0.05) is 0 Å². The summed E-state index contributed by atoms with van der Waals surface area (Å²) in [5.74, 6) is 0.339. The average Bonchev–Trinajstić information content (AvgIpc) is 3.62. The van der Waals surface area contributed by atoms with E-state index in [2.05, 4.69) is 21.1 Å². The summed E-state index contributed by atoms with van der Waals surface area (Å²) in [6, 6.07) is 11.1. The highest BCUT2D eigenvalue weighted by atomic mass is 19.1. The van der Waals surface area contributed by atoms with Crippen LogP contribution >= 0.6 is 0 Å². The lowest BCUT2D eigenvalue weighted by Crippen LogP contribution is -2.41. The molecule has 1 saturated heterocycles. The number of primary amides is 1. The maximum atomic E-state index is 15.5. The van der Waals surface area contributed by atoms with E-state index in [1.54, 1.807) is 34.9 Å². The van der Waals surface area contributed by atoms with E-state index in [0.29, 0.717) is 35.3 Å². The van der Waals surface area contributed by atoms with E-state index < -0.39 is 17.7 Å². The van der Waals surface area contributed by atoms with Gasteiger partial charge in [-0.25, -0.2) is 13.9 Å². The Balaban J connectivity index is 1.69. The molecule has 11 nitrogen and oxygen atoms in total. The van der Waals surface area contributed by atoms with Crippen molar-refractivity contribution in [1.82, 2.24) is 19.6 Å². The number of nitrogens with zero attached hydrogens (tertiary/aromatic N) is 7. The standard InChI is InChI=1S/C30H33FN8O3/c1-30(2,41)27(31)17-38(25-6-8-34-15-24(25)28(33)40)22-11-23(26-5-4-21-10-20(12-32)13-36-39(21)26)29(35-14-22)37-9-7-19(16-37)18-42-3/h4-6,8,10-11,13-15,19,27,41H,7,9,16-18H2,1-3H3,(H2,33,40)/t19-,27-/m1/s1. The molecular weight excluding hydrogens is 539 g/mol. The van der Waals surface area contributed by atoms with Crippen LogP contribution in [0.4, 0.5) is 21.6 Å².